The van der Waals surface area contributed by atoms with Gasteiger partial charge < -0.3 is 19.5 Å². The van der Waals surface area contributed by atoms with Crippen molar-refractivity contribution in [3.63, 3.8) is 0 Å². The Balaban J connectivity index is 1.43. The van der Waals surface area contributed by atoms with Gasteiger partial charge in [0, 0.05) is 11.8 Å². The summed E-state index contributed by atoms with van der Waals surface area (Å²) < 4.78 is 16.4. The Morgan fingerprint density at radius 2 is 1.65 bits per heavy atom. The van der Waals surface area contributed by atoms with Gasteiger partial charge in [-0.15, -0.1) is 0 Å². The summed E-state index contributed by atoms with van der Waals surface area (Å²) in [6, 6.07) is 3.94. The number of benzene rings is 1. The SMILES string of the molecule is CC(C)C[C@@H](C(=O)O[C@H](C)C(=O)Nc1ccc2c(c1)OCCO2)N1C(=O)[C@H]2CC=CC[C@H]2C1=O. The van der Waals surface area contributed by atoms with Crippen molar-refractivity contribution in [2.75, 3.05) is 18.5 Å². The van der Waals surface area contributed by atoms with Gasteiger partial charge in [-0.3, -0.25) is 19.3 Å². The molecule has 0 bridgehead atoms. The Morgan fingerprint density at radius 1 is 1.03 bits per heavy atom. The third-order valence-electron chi connectivity index (χ3n) is 6.29. The molecule has 0 aromatic heterocycles. The zero-order valence-electron chi connectivity index (χ0n) is 19.6. The number of hydrogen-bond donors (Lipinski definition) is 1. The molecule has 4 atom stereocenters. The molecule has 1 aromatic carbocycles. The number of nitrogens with zero attached hydrogens (tertiary/aromatic N) is 1. The number of esters is 1. The molecule has 4 rings (SSSR count). The van der Waals surface area contributed by atoms with Crippen molar-refractivity contribution in [2.45, 2.75) is 52.2 Å². The molecule has 3 aliphatic rings. The first-order valence-electron chi connectivity index (χ1n) is 11.7. The fourth-order valence-corrected chi connectivity index (χ4v) is 4.56. The Kier molecular flexibility index (Phi) is 6.90. The summed E-state index contributed by atoms with van der Waals surface area (Å²) in [5, 5.41) is 2.70. The third-order valence-corrected chi connectivity index (χ3v) is 6.29. The van der Waals surface area contributed by atoms with Crippen LogP contribution in [0.15, 0.2) is 30.4 Å². The molecule has 2 aliphatic heterocycles. The number of likely N-dealkylation sites (tertiary alicyclic amines) is 1. The molecule has 1 saturated heterocycles. The van der Waals surface area contributed by atoms with Gasteiger partial charge in [0.15, 0.2) is 17.6 Å². The molecule has 3 amide bonds. The van der Waals surface area contributed by atoms with Gasteiger partial charge >= 0.3 is 5.97 Å². The summed E-state index contributed by atoms with van der Waals surface area (Å²) in [5.41, 5.74) is 0.470. The van der Waals surface area contributed by atoms with Crippen LogP contribution < -0.4 is 14.8 Å². The number of rotatable bonds is 7. The van der Waals surface area contributed by atoms with E-state index in [0.29, 0.717) is 43.2 Å². The van der Waals surface area contributed by atoms with Crippen molar-refractivity contribution in [1.29, 1.82) is 0 Å². The highest BCUT2D eigenvalue weighted by Gasteiger charge is 2.51. The van der Waals surface area contributed by atoms with E-state index in [4.69, 9.17) is 14.2 Å². The Labute approximate surface area is 198 Å². The van der Waals surface area contributed by atoms with Crippen LogP contribution in [0.3, 0.4) is 0 Å². The lowest BCUT2D eigenvalue weighted by Crippen LogP contribution is -2.48. The van der Waals surface area contributed by atoms with E-state index >= 15 is 0 Å². The summed E-state index contributed by atoms with van der Waals surface area (Å²) in [6.07, 6.45) is 3.91. The van der Waals surface area contributed by atoms with E-state index in [0.717, 1.165) is 4.90 Å². The van der Waals surface area contributed by atoms with Crippen LogP contribution in [-0.2, 0) is 23.9 Å². The number of hydrogen-bond acceptors (Lipinski definition) is 7. The minimum absolute atomic E-state index is 0.0285. The molecular weight excluding hydrogens is 440 g/mol. The highest BCUT2D eigenvalue weighted by Crippen LogP contribution is 2.37. The standard InChI is InChI=1S/C25H30N2O7/c1-14(2)12-19(27-23(29)17-6-4-5-7-18(17)24(27)30)25(31)34-15(3)22(28)26-16-8-9-20-21(13-16)33-11-10-32-20/h4-5,8-9,13-15,17-19H,6-7,10-12H2,1-3H3,(H,26,28)/t15-,17-,18+,19+/m1/s1. The molecule has 9 nitrogen and oxygen atoms in total. The minimum Gasteiger partial charge on any atom is -0.486 e. The van der Waals surface area contributed by atoms with Crippen LogP contribution >= 0.6 is 0 Å². The maximum absolute atomic E-state index is 13.1. The van der Waals surface area contributed by atoms with E-state index < -0.39 is 35.9 Å². The van der Waals surface area contributed by atoms with Gasteiger partial charge in [0.05, 0.1) is 11.8 Å². The summed E-state index contributed by atoms with van der Waals surface area (Å²) in [7, 11) is 0. The third kappa shape index (κ3) is 4.78. The van der Waals surface area contributed by atoms with E-state index in [-0.39, 0.29) is 24.2 Å². The molecule has 0 spiro atoms. The maximum Gasteiger partial charge on any atom is 0.330 e. The van der Waals surface area contributed by atoms with Gasteiger partial charge in [0.2, 0.25) is 11.8 Å². The van der Waals surface area contributed by atoms with E-state index in [1.54, 1.807) is 18.2 Å². The molecule has 1 aromatic rings. The van der Waals surface area contributed by atoms with Gasteiger partial charge in [-0.25, -0.2) is 4.79 Å². The number of amides is 3. The molecule has 0 unspecified atom stereocenters. The average Bonchev–Trinajstić information content (AvgIpc) is 3.07. The quantitative estimate of drug-likeness (QED) is 0.370. The van der Waals surface area contributed by atoms with Crippen LogP contribution in [0.1, 0.15) is 40.0 Å². The number of allylic oxidation sites excluding steroid dienone is 2. The topological polar surface area (TPSA) is 111 Å². The Bertz CT molecular complexity index is 993. The molecule has 0 saturated carbocycles. The van der Waals surface area contributed by atoms with Crippen LogP contribution in [0.5, 0.6) is 11.5 Å². The average molecular weight is 471 g/mol. The number of fused-ring (bicyclic) bond motifs is 2. The predicted octanol–water partition coefficient (Wildman–Crippen LogP) is 2.69. The summed E-state index contributed by atoms with van der Waals surface area (Å²) in [6.45, 7) is 6.13. The molecule has 9 heteroatoms. The minimum atomic E-state index is -1.13. The number of imide groups is 1. The molecular formula is C25H30N2O7. The second-order valence-electron chi connectivity index (χ2n) is 9.27. The van der Waals surface area contributed by atoms with E-state index in [9.17, 15) is 19.2 Å². The molecule has 0 radical (unpaired) electrons. The molecule has 34 heavy (non-hydrogen) atoms. The highest BCUT2D eigenvalue weighted by molar-refractivity contribution is 6.08. The molecule has 1 N–H and O–H groups in total. The summed E-state index contributed by atoms with van der Waals surface area (Å²) >= 11 is 0. The zero-order valence-corrected chi connectivity index (χ0v) is 19.6. The molecule has 1 fully saturated rings. The number of anilines is 1. The highest BCUT2D eigenvalue weighted by atomic mass is 16.6. The Morgan fingerprint density at radius 3 is 2.26 bits per heavy atom. The monoisotopic (exact) mass is 470 g/mol. The maximum atomic E-state index is 13.1. The van der Waals surface area contributed by atoms with Gasteiger partial charge in [0.1, 0.15) is 19.3 Å². The van der Waals surface area contributed by atoms with Gasteiger partial charge in [-0.2, -0.15) is 0 Å². The largest absolute Gasteiger partial charge is 0.486 e. The smallest absolute Gasteiger partial charge is 0.330 e. The number of ether oxygens (including phenoxy) is 3. The van der Waals surface area contributed by atoms with Crippen molar-refractivity contribution in [3.8, 4) is 11.5 Å². The lowest BCUT2D eigenvalue weighted by molar-refractivity contribution is -0.164. The summed E-state index contributed by atoms with van der Waals surface area (Å²) in [4.78, 5) is 52.9. The zero-order chi connectivity index (χ0) is 24.4. The lowest BCUT2D eigenvalue weighted by atomic mass is 9.85. The first-order valence-corrected chi connectivity index (χ1v) is 11.7. The molecule has 2 heterocycles. The number of nitrogens with one attached hydrogen (secondary N) is 1. The van der Waals surface area contributed by atoms with Crippen LogP contribution in [0.4, 0.5) is 5.69 Å². The normalized spacial score (nSPS) is 22.9. The number of carbonyl (C=O) groups excluding carboxylic acids is 4. The molecule has 182 valence electrons. The van der Waals surface area contributed by atoms with Crippen LogP contribution in [0.25, 0.3) is 0 Å². The first kappa shape index (κ1) is 23.8. The van der Waals surface area contributed by atoms with Crippen molar-refractivity contribution >= 4 is 29.4 Å². The fraction of sp³-hybridized carbons (Fsp3) is 0.520. The van der Waals surface area contributed by atoms with Crippen molar-refractivity contribution in [2.24, 2.45) is 17.8 Å². The first-order chi connectivity index (χ1) is 16.3. The van der Waals surface area contributed by atoms with Gasteiger partial charge in [-0.1, -0.05) is 26.0 Å². The van der Waals surface area contributed by atoms with Crippen LogP contribution in [0, 0.1) is 17.8 Å². The van der Waals surface area contributed by atoms with Crippen molar-refractivity contribution < 1.29 is 33.4 Å². The van der Waals surface area contributed by atoms with Crippen molar-refractivity contribution in [3.05, 3.63) is 30.4 Å². The van der Waals surface area contributed by atoms with Crippen LogP contribution in [0.2, 0.25) is 0 Å². The molecule has 1 aliphatic carbocycles. The predicted molar refractivity (Wildman–Crippen MR) is 122 cm³/mol. The van der Waals surface area contributed by atoms with E-state index in [1.807, 2.05) is 26.0 Å². The van der Waals surface area contributed by atoms with Crippen LogP contribution in [-0.4, -0.2) is 54.0 Å². The second kappa shape index (κ2) is 9.87. The summed E-state index contributed by atoms with van der Waals surface area (Å²) in [5.74, 6) is -1.70. The van der Waals surface area contributed by atoms with Gasteiger partial charge in [0.25, 0.3) is 5.91 Å². The fourth-order valence-electron chi connectivity index (χ4n) is 4.56. The lowest BCUT2D eigenvalue weighted by Gasteiger charge is -2.27. The van der Waals surface area contributed by atoms with Gasteiger partial charge in [-0.05, 0) is 44.2 Å². The second-order valence-corrected chi connectivity index (χ2v) is 9.27. The van der Waals surface area contributed by atoms with Crippen molar-refractivity contribution in [1.82, 2.24) is 4.90 Å². The number of carbonyl (C=O) groups is 4. The van der Waals surface area contributed by atoms with E-state index in [2.05, 4.69) is 5.32 Å². The van der Waals surface area contributed by atoms with E-state index in [1.165, 1.54) is 6.92 Å². The Hall–Kier alpha value is -3.36.